The highest BCUT2D eigenvalue weighted by molar-refractivity contribution is 6.62. The summed E-state index contributed by atoms with van der Waals surface area (Å²) >= 11 is 0. The lowest BCUT2D eigenvalue weighted by Crippen LogP contribution is -2.41. The number of rotatable bonds is 6. The minimum Gasteiger partial charge on any atom is -0.439 e. The topological polar surface area (TPSA) is 64.1 Å². The van der Waals surface area contributed by atoms with Crippen LogP contribution in [0.25, 0.3) is 11.1 Å². The van der Waals surface area contributed by atoms with Crippen molar-refractivity contribution in [3.8, 4) is 11.1 Å². The highest BCUT2D eigenvalue weighted by atomic mass is 19.4. The molecule has 0 spiro atoms. The van der Waals surface area contributed by atoms with Crippen molar-refractivity contribution in [3.05, 3.63) is 76.5 Å². The zero-order valence-corrected chi connectivity index (χ0v) is 26.8. The Morgan fingerprint density at radius 3 is 2.27 bits per heavy atom. The number of ether oxygens (including phenoxy) is 1. The van der Waals surface area contributed by atoms with Gasteiger partial charge in [-0.15, -0.1) is 0 Å². The molecule has 1 aromatic heterocycles. The predicted molar refractivity (Wildman–Crippen MR) is 167 cm³/mol. The molecule has 4 heterocycles. The van der Waals surface area contributed by atoms with E-state index < -0.39 is 48.3 Å². The summed E-state index contributed by atoms with van der Waals surface area (Å²) in [5.41, 5.74) is 3.39. The van der Waals surface area contributed by atoms with Crippen molar-refractivity contribution < 1.29 is 32.0 Å². The molecule has 3 fully saturated rings. The van der Waals surface area contributed by atoms with Crippen LogP contribution in [0.5, 0.6) is 0 Å². The summed E-state index contributed by atoms with van der Waals surface area (Å²) < 4.78 is 59.2. The highest BCUT2D eigenvalue weighted by Gasteiger charge is 2.52. The van der Waals surface area contributed by atoms with Gasteiger partial charge in [0.05, 0.1) is 35.0 Å². The number of benzene rings is 2. The number of carbonyl (C=O) groups is 1. The summed E-state index contributed by atoms with van der Waals surface area (Å²) in [6.07, 6.45) is -4.86. The van der Waals surface area contributed by atoms with Gasteiger partial charge < -0.3 is 18.9 Å². The lowest BCUT2D eigenvalue weighted by Gasteiger charge is -2.33. The van der Waals surface area contributed by atoms with Crippen molar-refractivity contribution in [2.45, 2.75) is 91.0 Å². The first-order valence-corrected chi connectivity index (χ1v) is 15.4. The van der Waals surface area contributed by atoms with E-state index in [0.717, 1.165) is 59.6 Å². The number of alkyl halides is 3. The maximum absolute atomic E-state index is 13.6. The van der Waals surface area contributed by atoms with Gasteiger partial charge in [0.1, 0.15) is 11.9 Å². The molecule has 0 saturated carbocycles. The molecule has 0 N–H and O–H groups in total. The van der Waals surface area contributed by atoms with Gasteiger partial charge in [-0.05, 0) is 101 Å². The Hall–Kier alpha value is -3.57. The molecule has 3 aliphatic rings. The van der Waals surface area contributed by atoms with Gasteiger partial charge in [0.2, 0.25) is 0 Å². The minimum absolute atomic E-state index is 0.131. The molecule has 2 aromatic carbocycles. The third-order valence-corrected chi connectivity index (χ3v) is 9.68. The average Bonchev–Trinajstić information content (AvgIpc) is 3.32. The Bertz CT molecular complexity index is 1620. The molecule has 238 valence electrons. The van der Waals surface area contributed by atoms with Gasteiger partial charge >= 0.3 is 19.4 Å². The first-order chi connectivity index (χ1) is 21.0. The number of halogens is 3. The van der Waals surface area contributed by atoms with Crippen LogP contribution in [0.2, 0.25) is 0 Å². The molecule has 1 amide bonds. The van der Waals surface area contributed by atoms with Crippen molar-refractivity contribution in [3.63, 3.8) is 0 Å². The first-order valence-electron chi connectivity index (χ1n) is 15.4. The molecule has 3 aliphatic heterocycles. The smallest absolute Gasteiger partial charge is 0.439 e. The van der Waals surface area contributed by atoms with E-state index in [1.807, 2.05) is 58.9 Å². The molecule has 0 bridgehead atoms. The molecule has 0 radical (unpaired) electrons. The summed E-state index contributed by atoms with van der Waals surface area (Å²) in [7, 11) is -0.545. The molecule has 0 aliphatic carbocycles. The number of cyclic esters (lactones) is 1. The fourth-order valence-corrected chi connectivity index (χ4v) is 6.09. The molecule has 0 unspecified atom stereocenters. The van der Waals surface area contributed by atoms with E-state index in [1.165, 1.54) is 0 Å². The molecule has 6 rings (SSSR count). The monoisotopic (exact) mass is 621 g/mol. The van der Waals surface area contributed by atoms with E-state index in [0.29, 0.717) is 16.8 Å². The molecule has 45 heavy (non-hydrogen) atoms. The van der Waals surface area contributed by atoms with Gasteiger partial charge in [0.25, 0.3) is 0 Å². The third kappa shape index (κ3) is 5.81. The number of hydrogen-bond acceptors (Lipinski definition) is 6. The van der Waals surface area contributed by atoms with Crippen molar-refractivity contribution in [1.29, 1.82) is 0 Å². The quantitative estimate of drug-likeness (QED) is 0.277. The van der Waals surface area contributed by atoms with Crippen LogP contribution in [-0.2, 0) is 26.8 Å². The van der Waals surface area contributed by atoms with Gasteiger partial charge in [0.15, 0.2) is 0 Å². The molecule has 2 atom stereocenters. The molecule has 3 aromatic rings. The van der Waals surface area contributed by atoms with Crippen LogP contribution in [-0.4, -0.2) is 53.4 Å². The van der Waals surface area contributed by atoms with Crippen LogP contribution in [0, 0.1) is 13.8 Å². The second-order valence-electron chi connectivity index (χ2n) is 13.5. The SMILES string of the molecule is Cc1cc([C@H]2OC(=O)N(Cc3nc(N4CCC4)ccc3-c3cc(B4OC(C)(C)C(C)(C)O4)ccc3C)[C@H]2C)cc(C(F)(F)F)c1. The Morgan fingerprint density at radius 2 is 1.64 bits per heavy atom. The van der Waals surface area contributed by atoms with Crippen LogP contribution in [0.15, 0.2) is 48.5 Å². The number of aryl methyl sites for hydroxylation is 2. The average molecular weight is 622 g/mol. The molecule has 3 saturated heterocycles. The lowest BCUT2D eigenvalue weighted by molar-refractivity contribution is -0.137. The fourth-order valence-electron chi connectivity index (χ4n) is 6.09. The van der Waals surface area contributed by atoms with Crippen molar-refractivity contribution in [2.75, 3.05) is 18.0 Å². The third-order valence-electron chi connectivity index (χ3n) is 9.68. The highest BCUT2D eigenvalue weighted by Crippen LogP contribution is 2.40. The fraction of sp³-hybridized carbons (Fsp3) is 0.471. The van der Waals surface area contributed by atoms with Gasteiger partial charge in [0, 0.05) is 18.7 Å². The second-order valence-corrected chi connectivity index (χ2v) is 13.5. The van der Waals surface area contributed by atoms with Crippen molar-refractivity contribution in [2.24, 2.45) is 0 Å². The van der Waals surface area contributed by atoms with Crippen molar-refractivity contribution in [1.82, 2.24) is 9.88 Å². The standard InChI is InChI=1S/C34H39BF3N3O4/c1-20-15-23(17-24(16-20)34(36,37)38)30-22(3)41(31(42)43-30)19-28-26(11-12-29(39-28)40-13-8-14-40)27-18-25(10-9-21(27)2)35-44-32(4,5)33(6,7)45-35/h9-12,15-18,22,30H,8,13-14,19H2,1-7H3/t22-,30-/m0/s1. The molecule has 11 heteroatoms. The minimum atomic E-state index is -4.51. The summed E-state index contributed by atoms with van der Waals surface area (Å²) in [6, 6.07) is 13.4. The maximum atomic E-state index is 13.6. The van der Waals surface area contributed by atoms with E-state index in [1.54, 1.807) is 24.8 Å². The number of carbonyl (C=O) groups excluding carboxylic acids is 1. The number of pyridine rings is 1. The van der Waals surface area contributed by atoms with Gasteiger partial charge in [-0.1, -0.05) is 29.8 Å². The Kier molecular flexibility index (Phi) is 7.72. The van der Waals surface area contributed by atoms with E-state index in [-0.39, 0.29) is 6.54 Å². The van der Waals surface area contributed by atoms with E-state index in [9.17, 15) is 18.0 Å². The molecule has 7 nitrogen and oxygen atoms in total. The number of aromatic nitrogens is 1. The van der Waals surface area contributed by atoms with Crippen LogP contribution in [0.4, 0.5) is 23.8 Å². The number of amides is 1. The molecular weight excluding hydrogens is 582 g/mol. The largest absolute Gasteiger partial charge is 0.494 e. The number of nitrogens with zero attached hydrogens (tertiary/aromatic N) is 3. The Balaban J connectivity index is 1.35. The summed E-state index contributed by atoms with van der Waals surface area (Å²) in [6.45, 7) is 15.4. The van der Waals surface area contributed by atoms with Crippen LogP contribution < -0.4 is 10.4 Å². The first kappa shape index (κ1) is 31.4. The summed E-state index contributed by atoms with van der Waals surface area (Å²) in [5.74, 6) is 0.824. The zero-order chi connectivity index (χ0) is 32.5. The van der Waals surface area contributed by atoms with Crippen LogP contribution in [0.1, 0.15) is 75.1 Å². The van der Waals surface area contributed by atoms with Gasteiger partial charge in [-0.3, -0.25) is 4.90 Å². The Morgan fingerprint density at radius 1 is 0.956 bits per heavy atom. The van der Waals surface area contributed by atoms with E-state index in [4.69, 9.17) is 19.0 Å². The zero-order valence-electron chi connectivity index (χ0n) is 26.8. The van der Waals surface area contributed by atoms with Gasteiger partial charge in [-0.25, -0.2) is 9.78 Å². The maximum Gasteiger partial charge on any atom is 0.494 e. The van der Waals surface area contributed by atoms with Crippen molar-refractivity contribution >= 4 is 24.5 Å². The lowest BCUT2D eigenvalue weighted by atomic mass is 9.77. The second kappa shape index (κ2) is 11.1. The number of hydrogen-bond donors (Lipinski definition) is 0. The summed E-state index contributed by atoms with van der Waals surface area (Å²) in [4.78, 5) is 22.1. The number of anilines is 1. The predicted octanol–water partition coefficient (Wildman–Crippen LogP) is 6.98. The summed E-state index contributed by atoms with van der Waals surface area (Å²) in [5, 5.41) is 0. The van der Waals surface area contributed by atoms with Crippen LogP contribution in [0.3, 0.4) is 0 Å². The molecular formula is C34H39BF3N3O4. The van der Waals surface area contributed by atoms with E-state index in [2.05, 4.69) is 11.0 Å². The van der Waals surface area contributed by atoms with Crippen LogP contribution >= 0.6 is 0 Å². The van der Waals surface area contributed by atoms with E-state index >= 15 is 0 Å². The Labute approximate surface area is 262 Å². The van der Waals surface area contributed by atoms with Gasteiger partial charge in [-0.2, -0.15) is 13.2 Å². The normalized spacial score (nSPS) is 22.5.